The number of nitrogens with zero attached hydrogens (tertiary/aromatic N) is 5. The lowest BCUT2D eigenvalue weighted by molar-refractivity contribution is -0.146. The maximum atomic E-state index is 13.5. The fraction of sp³-hybridized carbons (Fsp3) is 0.448. The Morgan fingerprint density at radius 1 is 1.08 bits per heavy atom. The molecule has 1 aromatic carbocycles. The maximum Gasteiger partial charge on any atom is 0.313 e. The summed E-state index contributed by atoms with van der Waals surface area (Å²) in [6.45, 7) is 6.89. The average molecular weight is 531 g/mol. The van der Waals surface area contributed by atoms with Crippen LogP contribution in [0.1, 0.15) is 60.8 Å². The highest BCUT2D eigenvalue weighted by molar-refractivity contribution is 7.18. The number of aryl methyl sites for hydroxylation is 1. The van der Waals surface area contributed by atoms with Crippen molar-refractivity contribution in [2.75, 3.05) is 32.0 Å². The van der Waals surface area contributed by atoms with Crippen molar-refractivity contribution in [3.05, 3.63) is 59.0 Å². The fourth-order valence-electron chi connectivity index (χ4n) is 5.82. The van der Waals surface area contributed by atoms with Crippen molar-refractivity contribution in [1.82, 2.24) is 24.2 Å². The summed E-state index contributed by atoms with van der Waals surface area (Å²) in [6.07, 6.45) is 7.77. The fourth-order valence-corrected chi connectivity index (χ4v) is 6.94. The van der Waals surface area contributed by atoms with E-state index in [1.807, 2.05) is 17.5 Å². The van der Waals surface area contributed by atoms with Gasteiger partial charge in [-0.05, 0) is 82.4 Å². The third kappa shape index (κ3) is 4.80. The number of pyridine rings is 1. The Hall–Kier alpha value is -3.30. The molecule has 38 heavy (non-hydrogen) atoms. The van der Waals surface area contributed by atoms with Crippen molar-refractivity contribution < 1.29 is 9.59 Å². The highest BCUT2D eigenvalue weighted by Crippen LogP contribution is 2.38. The number of hydrogen-bond donors (Lipinski definition) is 1. The van der Waals surface area contributed by atoms with Gasteiger partial charge in [0.05, 0.1) is 21.3 Å². The number of imidazole rings is 1. The molecule has 0 spiro atoms. The Morgan fingerprint density at radius 3 is 2.71 bits per heavy atom. The number of fused-ring (bicyclic) bond motifs is 2. The number of carbonyl (C=O) groups excluding carboxylic acids is 2. The summed E-state index contributed by atoms with van der Waals surface area (Å²) in [6, 6.07) is 9.83. The first-order chi connectivity index (χ1) is 18.4. The Kier molecular flexibility index (Phi) is 6.65. The Morgan fingerprint density at radius 2 is 1.89 bits per heavy atom. The van der Waals surface area contributed by atoms with Gasteiger partial charge in [-0.15, -0.1) is 11.3 Å². The zero-order chi connectivity index (χ0) is 26.4. The van der Waals surface area contributed by atoms with Gasteiger partial charge in [-0.3, -0.25) is 9.59 Å². The van der Waals surface area contributed by atoms with E-state index in [2.05, 4.69) is 47.4 Å². The summed E-state index contributed by atoms with van der Waals surface area (Å²) in [4.78, 5) is 40.1. The van der Waals surface area contributed by atoms with Crippen molar-refractivity contribution in [3.63, 3.8) is 0 Å². The van der Waals surface area contributed by atoms with Crippen LogP contribution in [0.5, 0.6) is 0 Å². The summed E-state index contributed by atoms with van der Waals surface area (Å²) < 4.78 is 3.12. The molecule has 2 aliphatic heterocycles. The summed E-state index contributed by atoms with van der Waals surface area (Å²) >= 11 is 1.80. The molecule has 2 amide bonds. The zero-order valence-electron chi connectivity index (χ0n) is 22.2. The van der Waals surface area contributed by atoms with Crippen LogP contribution in [-0.2, 0) is 9.59 Å². The van der Waals surface area contributed by atoms with E-state index in [4.69, 9.17) is 4.98 Å². The van der Waals surface area contributed by atoms with Crippen LogP contribution in [0.15, 0.2) is 42.7 Å². The Bertz CT molecular complexity index is 1500. The molecule has 2 fully saturated rings. The molecular weight excluding hydrogens is 496 g/mol. The number of nitrogens with one attached hydrogen (secondary N) is 1. The minimum absolute atomic E-state index is 0.139. The number of hydrogen-bond acceptors (Lipinski definition) is 6. The SMILES string of the molecule is Cc1cnc2cc(NC(=O)C(=O)N3CC(C)CC[C@@H]3c3ccc4sc(C5CCN(C)CC5)nc4c3)ccn12. The number of rotatable bonds is 3. The number of thiazole rings is 1. The summed E-state index contributed by atoms with van der Waals surface area (Å²) in [7, 11) is 2.18. The summed E-state index contributed by atoms with van der Waals surface area (Å²) in [5, 5.41) is 4.02. The van der Waals surface area contributed by atoms with Gasteiger partial charge in [0.25, 0.3) is 0 Å². The molecule has 0 radical (unpaired) electrons. The first kappa shape index (κ1) is 25.0. The van der Waals surface area contributed by atoms with E-state index < -0.39 is 11.8 Å². The molecule has 9 heteroatoms. The van der Waals surface area contributed by atoms with Crippen LogP contribution >= 0.6 is 11.3 Å². The number of carbonyl (C=O) groups is 2. The molecule has 5 heterocycles. The number of anilines is 1. The van der Waals surface area contributed by atoms with Gasteiger partial charge in [-0.1, -0.05) is 13.0 Å². The van der Waals surface area contributed by atoms with E-state index in [0.717, 1.165) is 61.2 Å². The third-order valence-corrected chi connectivity index (χ3v) is 9.31. The number of aromatic nitrogens is 3. The van der Waals surface area contributed by atoms with Gasteiger partial charge in [0.15, 0.2) is 0 Å². The maximum absolute atomic E-state index is 13.5. The molecule has 1 N–H and O–H groups in total. The van der Waals surface area contributed by atoms with E-state index in [0.29, 0.717) is 24.1 Å². The highest BCUT2D eigenvalue weighted by atomic mass is 32.1. The van der Waals surface area contributed by atoms with Gasteiger partial charge in [0.1, 0.15) is 5.65 Å². The van der Waals surface area contributed by atoms with Crippen molar-refractivity contribution in [2.24, 2.45) is 5.92 Å². The molecule has 0 saturated carbocycles. The van der Waals surface area contributed by atoms with Crippen molar-refractivity contribution >= 4 is 44.7 Å². The van der Waals surface area contributed by atoms with Crippen LogP contribution < -0.4 is 5.32 Å². The van der Waals surface area contributed by atoms with Crippen LogP contribution in [0.3, 0.4) is 0 Å². The van der Waals surface area contributed by atoms with Gasteiger partial charge < -0.3 is 19.5 Å². The lowest BCUT2D eigenvalue weighted by atomic mass is 9.89. The van der Waals surface area contributed by atoms with Gasteiger partial charge in [-0.2, -0.15) is 0 Å². The predicted octanol–water partition coefficient (Wildman–Crippen LogP) is 5.00. The number of likely N-dealkylation sites (tertiary alicyclic amines) is 2. The molecule has 198 valence electrons. The van der Waals surface area contributed by atoms with Gasteiger partial charge in [-0.25, -0.2) is 9.97 Å². The van der Waals surface area contributed by atoms with Gasteiger partial charge in [0.2, 0.25) is 0 Å². The second-order valence-electron chi connectivity index (χ2n) is 11.0. The van der Waals surface area contributed by atoms with E-state index >= 15 is 0 Å². The molecule has 2 atom stereocenters. The monoisotopic (exact) mass is 530 g/mol. The quantitative estimate of drug-likeness (QED) is 0.377. The minimum atomic E-state index is -0.615. The molecule has 0 aliphatic carbocycles. The van der Waals surface area contributed by atoms with Crippen LogP contribution in [-0.4, -0.2) is 62.7 Å². The third-order valence-electron chi connectivity index (χ3n) is 8.11. The molecule has 8 nitrogen and oxygen atoms in total. The molecule has 2 saturated heterocycles. The molecule has 4 aromatic rings. The largest absolute Gasteiger partial charge is 0.327 e. The van der Waals surface area contributed by atoms with E-state index in [-0.39, 0.29) is 6.04 Å². The van der Waals surface area contributed by atoms with Crippen LogP contribution in [0.2, 0.25) is 0 Å². The smallest absolute Gasteiger partial charge is 0.313 e. The van der Waals surface area contributed by atoms with E-state index in [9.17, 15) is 9.59 Å². The molecular formula is C29H34N6O2S. The molecule has 1 unspecified atom stereocenters. The Labute approximate surface area is 226 Å². The first-order valence-corrected chi connectivity index (χ1v) is 14.3. The lowest BCUT2D eigenvalue weighted by Crippen LogP contribution is -2.46. The zero-order valence-corrected chi connectivity index (χ0v) is 23.0. The molecule has 0 bridgehead atoms. The highest BCUT2D eigenvalue weighted by Gasteiger charge is 2.34. The molecule has 3 aromatic heterocycles. The average Bonchev–Trinajstić information content (AvgIpc) is 3.51. The molecule has 6 rings (SSSR count). The number of amides is 2. The molecule has 2 aliphatic rings. The topological polar surface area (TPSA) is 82.8 Å². The van der Waals surface area contributed by atoms with Gasteiger partial charge in [0, 0.05) is 42.3 Å². The van der Waals surface area contributed by atoms with Crippen molar-refractivity contribution in [2.45, 2.75) is 51.5 Å². The standard InChI is InChI=1S/C29H34N6O2S/c1-18-4-6-24(21-5-7-25-23(14-21)32-28(38-25)20-8-11-33(3)12-9-20)35(17-18)29(37)27(36)31-22-10-13-34-19(2)16-30-26(34)15-22/h5,7,10,13-16,18,20,24H,4,6,8-9,11-12,17H2,1-3H3,(H,31,36)/t18?,24-/m1/s1. The Balaban J connectivity index is 1.22. The van der Waals surface area contributed by atoms with E-state index in [1.54, 1.807) is 34.6 Å². The first-order valence-electron chi connectivity index (χ1n) is 13.5. The van der Waals surface area contributed by atoms with Crippen molar-refractivity contribution in [1.29, 1.82) is 0 Å². The van der Waals surface area contributed by atoms with Crippen LogP contribution in [0.25, 0.3) is 15.9 Å². The summed E-state index contributed by atoms with van der Waals surface area (Å²) in [5.74, 6) is -0.247. The van der Waals surface area contributed by atoms with Crippen LogP contribution in [0.4, 0.5) is 5.69 Å². The van der Waals surface area contributed by atoms with E-state index in [1.165, 1.54) is 9.71 Å². The predicted molar refractivity (Wildman–Crippen MR) is 151 cm³/mol. The second-order valence-corrected chi connectivity index (χ2v) is 12.1. The number of piperidine rings is 2. The number of benzene rings is 1. The second kappa shape index (κ2) is 10.1. The minimum Gasteiger partial charge on any atom is -0.327 e. The van der Waals surface area contributed by atoms with Crippen LogP contribution in [0, 0.1) is 12.8 Å². The normalized spacial score (nSPS) is 21.3. The van der Waals surface area contributed by atoms with Gasteiger partial charge >= 0.3 is 11.8 Å². The van der Waals surface area contributed by atoms with Crippen molar-refractivity contribution in [3.8, 4) is 0 Å². The lowest BCUT2D eigenvalue weighted by Gasteiger charge is -2.38. The summed E-state index contributed by atoms with van der Waals surface area (Å²) in [5.41, 5.74) is 4.36.